The first-order chi connectivity index (χ1) is 12.1. The first kappa shape index (κ1) is 18.9. The van der Waals surface area contributed by atoms with Crippen LogP contribution in [0.2, 0.25) is 0 Å². The number of rotatable bonds is 10. The minimum atomic E-state index is -0.900. The van der Waals surface area contributed by atoms with Crippen molar-refractivity contribution < 1.29 is 19.4 Å². The summed E-state index contributed by atoms with van der Waals surface area (Å²) in [4.78, 5) is 23.3. The third-order valence-electron chi connectivity index (χ3n) is 4.09. The van der Waals surface area contributed by atoms with Crippen LogP contribution in [0.1, 0.15) is 25.3 Å². The zero-order valence-corrected chi connectivity index (χ0v) is 14.5. The van der Waals surface area contributed by atoms with Crippen molar-refractivity contribution in [2.24, 2.45) is 5.92 Å². The molecule has 0 fully saturated rings. The molecule has 5 heteroatoms. The summed E-state index contributed by atoms with van der Waals surface area (Å²) in [5.41, 5.74) is 0.955. The van der Waals surface area contributed by atoms with E-state index in [0.717, 1.165) is 16.3 Å². The number of ether oxygens (including phenoxy) is 1. The number of nitrogens with one attached hydrogen (secondary N) is 1. The van der Waals surface area contributed by atoms with Gasteiger partial charge in [-0.05, 0) is 36.1 Å². The van der Waals surface area contributed by atoms with Gasteiger partial charge in [0.2, 0.25) is 5.91 Å². The van der Waals surface area contributed by atoms with Gasteiger partial charge in [-0.1, -0.05) is 42.5 Å². The first-order valence-electron chi connectivity index (χ1n) is 8.65. The Morgan fingerprint density at radius 2 is 1.92 bits per heavy atom. The molecule has 2 rings (SSSR count). The molecular weight excluding hydrogens is 318 g/mol. The first-order valence-corrected chi connectivity index (χ1v) is 8.65. The van der Waals surface area contributed by atoms with Gasteiger partial charge in [0.05, 0.1) is 5.92 Å². The van der Waals surface area contributed by atoms with E-state index in [1.807, 2.05) is 49.4 Å². The SMILES string of the molecule is CCOCCCC(=O)NCC(Cc1ccc2ccccc2c1)C(=O)O. The van der Waals surface area contributed by atoms with Crippen LogP contribution >= 0.6 is 0 Å². The highest BCUT2D eigenvalue weighted by atomic mass is 16.5. The Hall–Kier alpha value is -2.40. The predicted octanol–water partition coefficient (Wildman–Crippen LogP) is 3.02. The summed E-state index contributed by atoms with van der Waals surface area (Å²) >= 11 is 0. The summed E-state index contributed by atoms with van der Waals surface area (Å²) < 4.78 is 5.19. The topological polar surface area (TPSA) is 75.6 Å². The minimum Gasteiger partial charge on any atom is -0.481 e. The highest BCUT2D eigenvalue weighted by Crippen LogP contribution is 2.18. The number of benzene rings is 2. The average Bonchev–Trinajstić information content (AvgIpc) is 2.62. The third kappa shape index (κ3) is 6.19. The van der Waals surface area contributed by atoms with Gasteiger partial charge in [-0.3, -0.25) is 9.59 Å². The molecule has 1 amide bonds. The van der Waals surface area contributed by atoms with E-state index >= 15 is 0 Å². The Labute approximate surface area is 148 Å². The molecule has 2 aromatic rings. The van der Waals surface area contributed by atoms with Crippen LogP contribution in [0.15, 0.2) is 42.5 Å². The summed E-state index contributed by atoms with van der Waals surface area (Å²) in [5, 5.41) is 14.4. The number of carboxylic acids is 1. The number of hydrogen-bond donors (Lipinski definition) is 2. The maximum Gasteiger partial charge on any atom is 0.308 e. The molecule has 0 spiro atoms. The molecule has 0 saturated heterocycles. The van der Waals surface area contributed by atoms with E-state index < -0.39 is 11.9 Å². The van der Waals surface area contributed by atoms with E-state index in [2.05, 4.69) is 5.32 Å². The van der Waals surface area contributed by atoms with Crippen LogP contribution in [0.4, 0.5) is 0 Å². The number of carbonyl (C=O) groups is 2. The van der Waals surface area contributed by atoms with E-state index in [4.69, 9.17) is 4.74 Å². The van der Waals surface area contributed by atoms with Crippen molar-refractivity contribution >= 4 is 22.6 Å². The summed E-state index contributed by atoms with van der Waals surface area (Å²) in [5.74, 6) is -1.68. The van der Waals surface area contributed by atoms with Crippen LogP contribution in [-0.2, 0) is 20.7 Å². The molecule has 0 saturated carbocycles. The Kier molecular flexibility index (Phi) is 7.41. The molecule has 0 heterocycles. The van der Waals surface area contributed by atoms with Gasteiger partial charge >= 0.3 is 5.97 Å². The Bertz CT molecular complexity index is 714. The fourth-order valence-electron chi connectivity index (χ4n) is 2.70. The lowest BCUT2D eigenvalue weighted by Crippen LogP contribution is -2.34. The summed E-state index contributed by atoms with van der Waals surface area (Å²) in [6.07, 6.45) is 1.38. The third-order valence-corrected chi connectivity index (χ3v) is 4.09. The van der Waals surface area contributed by atoms with Crippen molar-refractivity contribution in [3.63, 3.8) is 0 Å². The average molecular weight is 343 g/mol. The molecule has 0 aliphatic heterocycles. The molecular formula is C20H25NO4. The second kappa shape index (κ2) is 9.79. The fourth-order valence-corrected chi connectivity index (χ4v) is 2.70. The molecule has 0 bridgehead atoms. The number of fused-ring (bicyclic) bond motifs is 1. The fraction of sp³-hybridized carbons (Fsp3) is 0.400. The number of hydrogen-bond acceptors (Lipinski definition) is 3. The predicted molar refractivity (Wildman–Crippen MR) is 97.5 cm³/mol. The highest BCUT2D eigenvalue weighted by Gasteiger charge is 2.19. The Morgan fingerprint density at radius 3 is 2.64 bits per heavy atom. The quantitative estimate of drug-likeness (QED) is 0.650. The molecule has 2 aromatic carbocycles. The lowest BCUT2D eigenvalue weighted by molar-refractivity contribution is -0.141. The zero-order chi connectivity index (χ0) is 18.1. The number of carboxylic acid groups (broad SMARTS) is 1. The number of amides is 1. The summed E-state index contributed by atoms with van der Waals surface area (Å²) in [6.45, 7) is 3.22. The van der Waals surface area contributed by atoms with Crippen LogP contribution in [0, 0.1) is 5.92 Å². The van der Waals surface area contributed by atoms with Crippen LogP contribution < -0.4 is 5.32 Å². The molecule has 2 N–H and O–H groups in total. The van der Waals surface area contributed by atoms with Crippen LogP contribution in [-0.4, -0.2) is 36.7 Å². The van der Waals surface area contributed by atoms with Gasteiger partial charge in [-0.25, -0.2) is 0 Å². The lowest BCUT2D eigenvalue weighted by atomic mass is 9.97. The normalized spacial score (nSPS) is 12.0. The van der Waals surface area contributed by atoms with Gasteiger partial charge in [0.1, 0.15) is 0 Å². The van der Waals surface area contributed by atoms with Crippen molar-refractivity contribution in [2.75, 3.05) is 19.8 Å². The van der Waals surface area contributed by atoms with Crippen LogP contribution in [0.25, 0.3) is 10.8 Å². The largest absolute Gasteiger partial charge is 0.481 e. The molecule has 5 nitrogen and oxygen atoms in total. The van der Waals surface area contributed by atoms with Crippen molar-refractivity contribution in [1.29, 1.82) is 0 Å². The molecule has 0 radical (unpaired) electrons. The van der Waals surface area contributed by atoms with E-state index in [-0.39, 0.29) is 12.5 Å². The van der Waals surface area contributed by atoms with Crippen molar-refractivity contribution in [2.45, 2.75) is 26.2 Å². The van der Waals surface area contributed by atoms with E-state index in [9.17, 15) is 14.7 Å². The van der Waals surface area contributed by atoms with Gasteiger partial charge in [-0.15, -0.1) is 0 Å². The lowest BCUT2D eigenvalue weighted by Gasteiger charge is -2.14. The molecule has 1 unspecified atom stereocenters. The summed E-state index contributed by atoms with van der Waals surface area (Å²) in [6, 6.07) is 13.9. The van der Waals surface area contributed by atoms with Gasteiger partial charge in [0, 0.05) is 26.2 Å². The zero-order valence-electron chi connectivity index (χ0n) is 14.5. The van der Waals surface area contributed by atoms with Gasteiger partial charge in [0.15, 0.2) is 0 Å². The number of aliphatic carboxylic acids is 1. The van der Waals surface area contributed by atoms with Crippen molar-refractivity contribution in [3.8, 4) is 0 Å². The highest BCUT2D eigenvalue weighted by molar-refractivity contribution is 5.83. The number of carbonyl (C=O) groups excluding carboxylic acids is 1. The molecule has 0 aliphatic carbocycles. The van der Waals surface area contributed by atoms with Crippen molar-refractivity contribution in [3.05, 3.63) is 48.0 Å². The van der Waals surface area contributed by atoms with Crippen molar-refractivity contribution in [1.82, 2.24) is 5.32 Å². The monoisotopic (exact) mass is 343 g/mol. The Morgan fingerprint density at radius 1 is 1.16 bits per heavy atom. The molecule has 0 aliphatic rings. The molecule has 134 valence electrons. The standard InChI is InChI=1S/C20H25NO4/c1-2-25-11-5-8-19(22)21-14-18(20(23)24)13-15-9-10-16-6-3-4-7-17(16)12-15/h3-4,6-7,9-10,12,18H,2,5,8,11,13-14H2,1H3,(H,21,22)(H,23,24). The summed E-state index contributed by atoms with van der Waals surface area (Å²) in [7, 11) is 0. The molecule has 25 heavy (non-hydrogen) atoms. The van der Waals surface area contributed by atoms with E-state index in [1.54, 1.807) is 0 Å². The smallest absolute Gasteiger partial charge is 0.308 e. The van der Waals surface area contributed by atoms with E-state index in [1.165, 1.54) is 0 Å². The van der Waals surface area contributed by atoms with Crippen LogP contribution in [0.3, 0.4) is 0 Å². The maximum atomic E-state index is 11.8. The van der Waals surface area contributed by atoms with Crippen LogP contribution in [0.5, 0.6) is 0 Å². The van der Waals surface area contributed by atoms with E-state index in [0.29, 0.717) is 32.5 Å². The van der Waals surface area contributed by atoms with Gasteiger partial charge in [-0.2, -0.15) is 0 Å². The second-order valence-corrected chi connectivity index (χ2v) is 6.03. The van der Waals surface area contributed by atoms with Gasteiger partial charge in [0.25, 0.3) is 0 Å². The Balaban J connectivity index is 1.89. The minimum absolute atomic E-state index is 0.135. The molecule has 1 atom stereocenters. The second-order valence-electron chi connectivity index (χ2n) is 6.03. The van der Waals surface area contributed by atoms with Gasteiger partial charge < -0.3 is 15.2 Å². The maximum absolute atomic E-state index is 11.8. The molecule has 0 aromatic heterocycles.